The van der Waals surface area contributed by atoms with Crippen molar-refractivity contribution in [2.45, 2.75) is 25.1 Å². The summed E-state index contributed by atoms with van der Waals surface area (Å²) in [4.78, 5) is 11.9. The molecule has 1 atom stereocenters. The third-order valence-electron chi connectivity index (χ3n) is 3.11. The molecule has 2 rings (SSSR count). The molecule has 6 heteroatoms. The number of carbonyl (C=O) groups excluding carboxylic acids is 1. The van der Waals surface area contributed by atoms with Crippen LogP contribution in [-0.4, -0.2) is 25.0 Å². The van der Waals surface area contributed by atoms with Crippen molar-refractivity contribution in [3.63, 3.8) is 0 Å². The molecule has 19 heavy (non-hydrogen) atoms. The van der Waals surface area contributed by atoms with E-state index >= 15 is 0 Å². The van der Waals surface area contributed by atoms with Crippen LogP contribution < -0.4 is 10.6 Å². The first-order valence-corrected chi connectivity index (χ1v) is 6.15. The molecule has 104 valence electrons. The number of rotatable bonds is 2. The van der Waals surface area contributed by atoms with E-state index in [1.54, 1.807) is 0 Å². The van der Waals surface area contributed by atoms with Gasteiger partial charge in [0.15, 0.2) is 0 Å². The maximum Gasteiger partial charge on any atom is 0.416 e. The van der Waals surface area contributed by atoms with Crippen LogP contribution in [0.1, 0.15) is 28.8 Å². The van der Waals surface area contributed by atoms with Crippen molar-refractivity contribution < 1.29 is 18.0 Å². The van der Waals surface area contributed by atoms with Crippen LogP contribution in [0.25, 0.3) is 0 Å². The summed E-state index contributed by atoms with van der Waals surface area (Å²) in [6, 6.07) is 4.30. The Labute approximate surface area is 109 Å². The summed E-state index contributed by atoms with van der Waals surface area (Å²) < 4.78 is 37.2. The van der Waals surface area contributed by atoms with E-state index in [1.807, 2.05) is 0 Å². The molecule has 0 saturated carbocycles. The van der Waals surface area contributed by atoms with Gasteiger partial charge in [0.1, 0.15) is 0 Å². The van der Waals surface area contributed by atoms with Crippen molar-refractivity contribution in [1.29, 1.82) is 0 Å². The predicted molar refractivity (Wildman–Crippen MR) is 64.8 cm³/mol. The molecule has 1 aromatic carbocycles. The quantitative estimate of drug-likeness (QED) is 0.866. The number of halogens is 3. The normalized spacial score (nSPS) is 20.1. The van der Waals surface area contributed by atoms with Gasteiger partial charge in [-0.15, -0.1) is 0 Å². The molecule has 0 bridgehead atoms. The van der Waals surface area contributed by atoms with Gasteiger partial charge in [0.25, 0.3) is 5.91 Å². The van der Waals surface area contributed by atoms with Crippen molar-refractivity contribution in [1.82, 2.24) is 10.6 Å². The maximum atomic E-state index is 12.4. The Morgan fingerprint density at radius 1 is 1.26 bits per heavy atom. The molecule has 0 unspecified atom stereocenters. The Morgan fingerprint density at radius 2 is 1.95 bits per heavy atom. The topological polar surface area (TPSA) is 41.1 Å². The van der Waals surface area contributed by atoms with E-state index in [0.717, 1.165) is 31.5 Å². The molecule has 1 fully saturated rings. The van der Waals surface area contributed by atoms with Gasteiger partial charge in [0, 0.05) is 18.2 Å². The number of amides is 1. The maximum absolute atomic E-state index is 12.4. The second-order valence-electron chi connectivity index (χ2n) is 4.59. The molecule has 0 radical (unpaired) electrons. The van der Waals surface area contributed by atoms with E-state index in [-0.39, 0.29) is 17.5 Å². The number of hydrogen-bond acceptors (Lipinski definition) is 2. The minimum atomic E-state index is -4.37. The predicted octanol–water partition coefficient (Wildman–Crippen LogP) is 2.19. The average Bonchev–Trinajstić information content (AvgIpc) is 2.39. The van der Waals surface area contributed by atoms with Crippen LogP contribution >= 0.6 is 0 Å². The Bertz CT molecular complexity index is 436. The standard InChI is InChI=1S/C13H15F3N2O/c14-13(15,16)10-5-3-9(4-6-10)12(19)18-11-2-1-7-17-8-11/h3-6,11,17H,1-2,7-8H2,(H,18,19)/t11-/m0/s1. The molecule has 3 nitrogen and oxygen atoms in total. The second-order valence-corrected chi connectivity index (χ2v) is 4.59. The summed E-state index contributed by atoms with van der Waals surface area (Å²) in [7, 11) is 0. The van der Waals surface area contributed by atoms with E-state index in [0.29, 0.717) is 6.54 Å². The van der Waals surface area contributed by atoms with E-state index in [9.17, 15) is 18.0 Å². The molecule has 0 spiro atoms. The Morgan fingerprint density at radius 3 is 2.47 bits per heavy atom. The third kappa shape index (κ3) is 3.70. The second kappa shape index (κ2) is 5.61. The fourth-order valence-corrected chi connectivity index (χ4v) is 2.05. The average molecular weight is 272 g/mol. The lowest BCUT2D eigenvalue weighted by Gasteiger charge is -2.23. The Kier molecular flexibility index (Phi) is 4.09. The van der Waals surface area contributed by atoms with Crippen molar-refractivity contribution in [2.24, 2.45) is 0 Å². The summed E-state index contributed by atoms with van der Waals surface area (Å²) in [6.07, 6.45) is -2.50. The van der Waals surface area contributed by atoms with Gasteiger partial charge in [0.05, 0.1) is 5.56 Å². The smallest absolute Gasteiger partial charge is 0.348 e. The Hall–Kier alpha value is -1.56. The SMILES string of the molecule is O=C(N[C@H]1CCCNC1)c1ccc(C(F)(F)F)cc1. The molecule has 1 aliphatic rings. The number of piperidine rings is 1. The molecular formula is C13H15F3N2O. The van der Waals surface area contributed by atoms with Gasteiger partial charge in [-0.2, -0.15) is 13.2 Å². The van der Waals surface area contributed by atoms with Crippen LogP contribution in [0.3, 0.4) is 0 Å². The lowest BCUT2D eigenvalue weighted by molar-refractivity contribution is -0.137. The van der Waals surface area contributed by atoms with E-state index in [2.05, 4.69) is 10.6 Å². The molecule has 2 N–H and O–H groups in total. The molecule has 0 aromatic heterocycles. The molecule has 0 aliphatic carbocycles. The third-order valence-corrected chi connectivity index (χ3v) is 3.11. The molecule has 1 aliphatic heterocycles. The molecule has 1 saturated heterocycles. The van der Waals surface area contributed by atoms with Crippen LogP contribution in [0.2, 0.25) is 0 Å². The molecule has 1 aromatic rings. The zero-order valence-corrected chi connectivity index (χ0v) is 10.3. The van der Waals surface area contributed by atoms with Gasteiger partial charge in [-0.25, -0.2) is 0 Å². The summed E-state index contributed by atoms with van der Waals surface area (Å²) >= 11 is 0. The van der Waals surface area contributed by atoms with Gasteiger partial charge in [-0.05, 0) is 43.7 Å². The minimum Gasteiger partial charge on any atom is -0.348 e. The van der Waals surface area contributed by atoms with Gasteiger partial charge in [0.2, 0.25) is 0 Å². The number of nitrogens with one attached hydrogen (secondary N) is 2. The largest absolute Gasteiger partial charge is 0.416 e. The highest BCUT2D eigenvalue weighted by atomic mass is 19.4. The summed E-state index contributed by atoms with van der Waals surface area (Å²) in [5, 5.41) is 5.97. The number of hydrogen-bond donors (Lipinski definition) is 2. The van der Waals surface area contributed by atoms with Crippen LogP contribution in [0, 0.1) is 0 Å². The van der Waals surface area contributed by atoms with Crippen molar-refractivity contribution in [3.8, 4) is 0 Å². The minimum absolute atomic E-state index is 0.0449. The first-order chi connectivity index (χ1) is 8.97. The zero-order chi connectivity index (χ0) is 13.9. The number of carbonyl (C=O) groups is 1. The van der Waals surface area contributed by atoms with Crippen molar-refractivity contribution in [3.05, 3.63) is 35.4 Å². The van der Waals surface area contributed by atoms with Crippen LogP contribution in [0.5, 0.6) is 0 Å². The van der Waals surface area contributed by atoms with Gasteiger partial charge >= 0.3 is 6.18 Å². The van der Waals surface area contributed by atoms with E-state index < -0.39 is 11.7 Å². The van der Waals surface area contributed by atoms with E-state index in [1.165, 1.54) is 12.1 Å². The van der Waals surface area contributed by atoms with Crippen LogP contribution in [0.15, 0.2) is 24.3 Å². The van der Waals surface area contributed by atoms with Crippen molar-refractivity contribution >= 4 is 5.91 Å². The summed E-state index contributed by atoms with van der Waals surface area (Å²) in [5.41, 5.74) is -0.498. The monoisotopic (exact) mass is 272 g/mol. The van der Waals surface area contributed by atoms with Crippen LogP contribution in [0.4, 0.5) is 13.2 Å². The van der Waals surface area contributed by atoms with Gasteiger partial charge in [-0.3, -0.25) is 4.79 Å². The molecule has 1 amide bonds. The first kappa shape index (κ1) is 13.9. The lowest BCUT2D eigenvalue weighted by atomic mass is 10.1. The highest BCUT2D eigenvalue weighted by Gasteiger charge is 2.30. The highest BCUT2D eigenvalue weighted by Crippen LogP contribution is 2.29. The number of alkyl halides is 3. The van der Waals surface area contributed by atoms with E-state index in [4.69, 9.17) is 0 Å². The highest BCUT2D eigenvalue weighted by molar-refractivity contribution is 5.94. The van der Waals surface area contributed by atoms with Gasteiger partial charge in [-0.1, -0.05) is 0 Å². The summed E-state index contributed by atoms with van der Waals surface area (Å²) in [5.74, 6) is -0.331. The lowest BCUT2D eigenvalue weighted by Crippen LogP contribution is -2.45. The van der Waals surface area contributed by atoms with Crippen LogP contribution in [-0.2, 0) is 6.18 Å². The fraction of sp³-hybridized carbons (Fsp3) is 0.462. The van der Waals surface area contributed by atoms with Crippen molar-refractivity contribution in [2.75, 3.05) is 13.1 Å². The Balaban J connectivity index is 1.99. The molecular weight excluding hydrogens is 257 g/mol. The molecule has 1 heterocycles. The fourth-order valence-electron chi connectivity index (χ4n) is 2.05. The summed E-state index contributed by atoms with van der Waals surface area (Å²) in [6.45, 7) is 1.64. The zero-order valence-electron chi connectivity index (χ0n) is 10.3. The van der Waals surface area contributed by atoms with Gasteiger partial charge < -0.3 is 10.6 Å². The number of benzene rings is 1. The first-order valence-electron chi connectivity index (χ1n) is 6.15.